The summed E-state index contributed by atoms with van der Waals surface area (Å²) in [5, 5.41) is 0. The third-order valence-electron chi connectivity index (χ3n) is 4.21. The predicted octanol–water partition coefficient (Wildman–Crippen LogP) is 3.78. The highest BCUT2D eigenvalue weighted by Crippen LogP contribution is 2.18. The van der Waals surface area contributed by atoms with Gasteiger partial charge in [-0.2, -0.15) is 0 Å². The molecule has 2 aromatic carbocycles. The summed E-state index contributed by atoms with van der Waals surface area (Å²) in [5.41, 5.74) is 2.24. The second-order valence-corrected chi connectivity index (χ2v) is 6.57. The van der Waals surface area contributed by atoms with Crippen LogP contribution < -0.4 is 4.74 Å². The van der Waals surface area contributed by atoms with Crippen LogP contribution in [0.3, 0.4) is 0 Å². The van der Waals surface area contributed by atoms with E-state index in [1.165, 1.54) is 5.56 Å². The first kappa shape index (κ1) is 20.5. The number of amides is 1. The highest BCUT2D eigenvalue weighted by atomic mass is 16.6. The maximum absolute atomic E-state index is 12.3. The van der Waals surface area contributed by atoms with Crippen LogP contribution in [0.4, 0.5) is 0 Å². The molecule has 0 radical (unpaired) electrons. The number of esters is 1. The van der Waals surface area contributed by atoms with Gasteiger partial charge in [-0.25, -0.2) is 4.79 Å². The third-order valence-corrected chi connectivity index (χ3v) is 4.21. The Hall–Kier alpha value is -2.82. The number of nitrogens with zero attached hydrogens (tertiary/aromatic N) is 1. The van der Waals surface area contributed by atoms with Crippen molar-refractivity contribution in [3.05, 3.63) is 65.7 Å². The lowest BCUT2D eigenvalue weighted by Gasteiger charge is -2.20. The Balaban J connectivity index is 1.75. The fraction of sp³-hybridized carbons (Fsp3) is 0.364. The minimum Gasteiger partial charge on any atom is -0.482 e. The van der Waals surface area contributed by atoms with E-state index in [9.17, 15) is 9.59 Å². The molecule has 144 valence electrons. The second kappa shape index (κ2) is 10.4. The lowest BCUT2D eigenvalue weighted by atomic mass is 10.0. The van der Waals surface area contributed by atoms with E-state index in [0.717, 1.165) is 5.56 Å². The Morgan fingerprint density at radius 2 is 1.63 bits per heavy atom. The van der Waals surface area contributed by atoms with Crippen molar-refractivity contribution in [3.63, 3.8) is 0 Å². The van der Waals surface area contributed by atoms with Crippen LogP contribution in [0.15, 0.2) is 54.6 Å². The number of benzene rings is 2. The lowest BCUT2D eigenvalue weighted by molar-refractivity contribution is -0.153. The third kappa shape index (κ3) is 6.77. The van der Waals surface area contributed by atoms with Crippen LogP contribution in [0.2, 0.25) is 0 Å². The van der Waals surface area contributed by atoms with Crippen LogP contribution >= 0.6 is 0 Å². The van der Waals surface area contributed by atoms with E-state index >= 15 is 0 Å². The second-order valence-electron chi connectivity index (χ2n) is 6.57. The largest absolute Gasteiger partial charge is 0.482 e. The van der Waals surface area contributed by atoms with Crippen LogP contribution in [0, 0.1) is 0 Å². The molecule has 0 fully saturated rings. The molecule has 0 aliphatic carbocycles. The maximum atomic E-state index is 12.3. The molecule has 27 heavy (non-hydrogen) atoms. The Morgan fingerprint density at radius 3 is 2.22 bits per heavy atom. The van der Waals surface area contributed by atoms with Gasteiger partial charge in [0.1, 0.15) is 5.75 Å². The summed E-state index contributed by atoms with van der Waals surface area (Å²) in [6, 6.07) is 17.3. The molecule has 0 unspecified atom stereocenters. The molecule has 0 N–H and O–H groups in total. The Kier molecular flexibility index (Phi) is 7.86. The van der Waals surface area contributed by atoms with Crippen LogP contribution in [0.25, 0.3) is 0 Å². The summed E-state index contributed by atoms with van der Waals surface area (Å²) in [6.45, 7) is 6.65. The minimum absolute atomic E-state index is 0.223. The number of hydrogen-bond acceptors (Lipinski definition) is 4. The van der Waals surface area contributed by atoms with E-state index in [2.05, 4.69) is 13.8 Å². The summed E-state index contributed by atoms with van der Waals surface area (Å²) in [7, 11) is 0. The molecule has 2 aromatic rings. The highest BCUT2D eigenvalue weighted by Gasteiger charge is 2.15. The minimum atomic E-state index is -0.563. The quantitative estimate of drug-likeness (QED) is 0.631. The molecule has 0 bridgehead atoms. The smallest absolute Gasteiger partial charge is 0.344 e. The van der Waals surface area contributed by atoms with E-state index in [-0.39, 0.29) is 19.1 Å². The van der Waals surface area contributed by atoms with Gasteiger partial charge in [-0.15, -0.1) is 0 Å². The average Bonchev–Trinajstić information content (AvgIpc) is 2.69. The van der Waals surface area contributed by atoms with Crippen molar-refractivity contribution in [2.45, 2.75) is 33.2 Å². The van der Waals surface area contributed by atoms with Crippen molar-refractivity contribution in [1.29, 1.82) is 0 Å². The molecule has 1 amide bonds. The van der Waals surface area contributed by atoms with Gasteiger partial charge in [-0.1, -0.05) is 56.3 Å². The van der Waals surface area contributed by atoms with Crippen LogP contribution in [-0.2, 0) is 20.9 Å². The number of ether oxygens (including phenoxy) is 2. The van der Waals surface area contributed by atoms with Crippen LogP contribution in [0.1, 0.15) is 37.8 Å². The molecule has 0 heterocycles. The van der Waals surface area contributed by atoms with Crippen LogP contribution in [-0.4, -0.2) is 36.5 Å². The molecule has 5 nitrogen and oxygen atoms in total. The van der Waals surface area contributed by atoms with E-state index < -0.39 is 5.97 Å². The van der Waals surface area contributed by atoms with Crippen molar-refractivity contribution < 1.29 is 19.1 Å². The average molecular weight is 369 g/mol. The molecule has 0 aromatic heterocycles. The molecule has 0 spiro atoms. The molecule has 0 aliphatic heterocycles. The van der Waals surface area contributed by atoms with Gasteiger partial charge in [0.25, 0.3) is 5.91 Å². The summed E-state index contributed by atoms with van der Waals surface area (Å²) in [4.78, 5) is 25.8. The topological polar surface area (TPSA) is 55.8 Å². The summed E-state index contributed by atoms with van der Waals surface area (Å²) in [5.74, 6) is 0.248. The molecular formula is C22H27NO4. The summed E-state index contributed by atoms with van der Waals surface area (Å²) < 4.78 is 10.5. The molecule has 0 saturated carbocycles. The van der Waals surface area contributed by atoms with Crippen LogP contribution in [0.5, 0.6) is 5.75 Å². The first-order valence-electron chi connectivity index (χ1n) is 9.19. The van der Waals surface area contributed by atoms with Gasteiger partial charge in [-0.05, 0) is 36.1 Å². The van der Waals surface area contributed by atoms with E-state index in [4.69, 9.17) is 9.47 Å². The van der Waals surface area contributed by atoms with Crippen molar-refractivity contribution in [3.8, 4) is 5.75 Å². The summed E-state index contributed by atoms with van der Waals surface area (Å²) >= 11 is 0. The maximum Gasteiger partial charge on any atom is 0.344 e. The van der Waals surface area contributed by atoms with Gasteiger partial charge in [0.05, 0.1) is 0 Å². The fourth-order valence-corrected chi connectivity index (χ4v) is 2.55. The van der Waals surface area contributed by atoms with Crippen molar-refractivity contribution in [2.24, 2.45) is 0 Å². The SMILES string of the molecule is CCN(Cc1ccccc1)C(=O)COC(=O)COc1ccc(C(C)C)cc1. The van der Waals surface area contributed by atoms with E-state index in [0.29, 0.717) is 24.8 Å². The monoisotopic (exact) mass is 369 g/mol. The van der Waals surface area contributed by atoms with Gasteiger partial charge >= 0.3 is 5.97 Å². The standard InChI is InChI=1S/C22H27NO4/c1-4-23(14-18-8-6-5-7-9-18)21(24)15-27-22(25)16-26-20-12-10-19(11-13-20)17(2)3/h5-13,17H,4,14-16H2,1-3H3. The van der Waals surface area contributed by atoms with Crippen molar-refractivity contribution in [1.82, 2.24) is 4.90 Å². The molecule has 2 rings (SSSR count). The summed E-state index contributed by atoms with van der Waals surface area (Å²) in [6.07, 6.45) is 0. The normalized spacial score (nSPS) is 10.5. The number of carbonyl (C=O) groups excluding carboxylic acids is 2. The fourth-order valence-electron chi connectivity index (χ4n) is 2.55. The molecule has 0 atom stereocenters. The number of hydrogen-bond donors (Lipinski definition) is 0. The first-order valence-corrected chi connectivity index (χ1v) is 9.19. The predicted molar refractivity (Wildman–Crippen MR) is 105 cm³/mol. The van der Waals surface area contributed by atoms with Gasteiger partial charge in [0.15, 0.2) is 13.2 Å². The van der Waals surface area contributed by atoms with Gasteiger partial charge < -0.3 is 14.4 Å². The number of carbonyl (C=O) groups is 2. The Labute approximate surface area is 160 Å². The number of rotatable bonds is 9. The highest BCUT2D eigenvalue weighted by molar-refractivity contribution is 5.81. The zero-order chi connectivity index (χ0) is 19.6. The van der Waals surface area contributed by atoms with E-state index in [1.54, 1.807) is 4.90 Å². The van der Waals surface area contributed by atoms with Gasteiger partial charge in [0, 0.05) is 13.1 Å². The van der Waals surface area contributed by atoms with Gasteiger partial charge in [0.2, 0.25) is 0 Å². The van der Waals surface area contributed by atoms with Gasteiger partial charge in [-0.3, -0.25) is 4.79 Å². The molecule has 5 heteroatoms. The molecular weight excluding hydrogens is 342 g/mol. The zero-order valence-corrected chi connectivity index (χ0v) is 16.2. The zero-order valence-electron chi connectivity index (χ0n) is 16.2. The van der Waals surface area contributed by atoms with Crippen molar-refractivity contribution >= 4 is 11.9 Å². The lowest BCUT2D eigenvalue weighted by Crippen LogP contribution is -2.34. The first-order chi connectivity index (χ1) is 13.0. The Morgan fingerprint density at radius 1 is 0.963 bits per heavy atom. The Bertz CT molecular complexity index is 726. The number of likely N-dealkylation sites (N-methyl/N-ethyl adjacent to an activating group) is 1. The molecule has 0 saturated heterocycles. The van der Waals surface area contributed by atoms with E-state index in [1.807, 2.05) is 61.5 Å². The van der Waals surface area contributed by atoms with Crippen molar-refractivity contribution in [2.75, 3.05) is 19.8 Å². The molecule has 0 aliphatic rings.